The zero-order valence-electron chi connectivity index (χ0n) is 12.7. The fraction of sp³-hybridized carbons (Fsp3) is 0.500. The highest BCUT2D eigenvalue weighted by Crippen LogP contribution is 2.40. The minimum absolute atomic E-state index is 0.0402. The first-order valence-corrected chi connectivity index (χ1v) is 7.22. The van der Waals surface area contributed by atoms with E-state index in [1.807, 2.05) is 50.2 Å². The normalized spacial score (nSPS) is 20.0. The fourth-order valence-electron chi connectivity index (χ4n) is 2.44. The van der Waals surface area contributed by atoms with Gasteiger partial charge in [0.05, 0.1) is 11.8 Å². The summed E-state index contributed by atoms with van der Waals surface area (Å²) in [5.41, 5.74) is 2.17. The van der Waals surface area contributed by atoms with Crippen LogP contribution >= 0.6 is 0 Å². The Morgan fingerprint density at radius 1 is 1.19 bits per heavy atom. The van der Waals surface area contributed by atoms with Crippen LogP contribution in [0.1, 0.15) is 18.9 Å². The number of aliphatic carboxylic acids is 1. The summed E-state index contributed by atoms with van der Waals surface area (Å²) in [6.45, 7) is 3.05. The number of amides is 1. The van der Waals surface area contributed by atoms with Crippen LogP contribution in [0.25, 0.3) is 0 Å². The third-order valence-corrected chi connectivity index (χ3v) is 3.94. The lowest BCUT2D eigenvalue weighted by atomic mass is 10.1. The lowest BCUT2D eigenvalue weighted by Crippen LogP contribution is -2.32. The molecule has 2 atom stereocenters. The standard InChI is InChI=1S/C16H22N2O3/c1-4-18(15(19)13-9-14(13)16(20)21)10-11-5-7-12(8-6-11)17(2)3/h5-8,13-14H,4,9-10H2,1-3H3,(H,20,21). The first kappa shape index (κ1) is 15.4. The van der Waals surface area contributed by atoms with E-state index in [4.69, 9.17) is 5.11 Å². The van der Waals surface area contributed by atoms with E-state index in [0.29, 0.717) is 19.5 Å². The summed E-state index contributed by atoms with van der Waals surface area (Å²) >= 11 is 0. The van der Waals surface area contributed by atoms with Crippen molar-refractivity contribution in [3.8, 4) is 0 Å². The SMILES string of the molecule is CCN(Cc1ccc(N(C)C)cc1)C(=O)C1CC1C(=O)O. The van der Waals surface area contributed by atoms with Crippen LogP contribution in [0.15, 0.2) is 24.3 Å². The predicted octanol–water partition coefficient (Wildman–Crippen LogP) is 1.82. The monoisotopic (exact) mass is 290 g/mol. The molecule has 21 heavy (non-hydrogen) atoms. The molecule has 2 rings (SSSR count). The van der Waals surface area contributed by atoms with Gasteiger partial charge in [-0.25, -0.2) is 0 Å². The van der Waals surface area contributed by atoms with E-state index in [1.54, 1.807) is 4.90 Å². The molecule has 5 nitrogen and oxygen atoms in total. The Morgan fingerprint density at radius 2 is 1.81 bits per heavy atom. The van der Waals surface area contributed by atoms with Crippen LogP contribution < -0.4 is 4.90 Å². The van der Waals surface area contributed by atoms with Crippen LogP contribution in [0.4, 0.5) is 5.69 Å². The second-order valence-corrected chi connectivity index (χ2v) is 5.70. The molecule has 0 aliphatic heterocycles. The molecule has 1 N–H and O–H groups in total. The van der Waals surface area contributed by atoms with Crippen molar-refractivity contribution >= 4 is 17.6 Å². The van der Waals surface area contributed by atoms with Crippen molar-refractivity contribution in [2.45, 2.75) is 19.9 Å². The number of rotatable bonds is 6. The molecular formula is C16H22N2O3. The van der Waals surface area contributed by atoms with Crippen LogP contribution in [0.5, 0.6) is 0 Å². The quantitative estimate of drug-likeness (QED) is 0.868. The average molecular weight is 290 g/mol. The lowest BCUT2D eigenvalue weighted by Gasteiger charge is -2.21. The van der Waals surface area contributed by atoms with Crippen molar-refractivity contribution in [1.29, 1.82) is 0 Å². The van der Waals surface area contributed by atoms with Gasteiger partial charge < -0.3 is 14.9 Å². The molecule has 0 saturated heterocycles. The van der Waals surface area contributed by atoms with Crippen LogP contribution in [0.3, 0.4) is 0 Å². The third kappa shape index (κ3) is 3.54. The second kappa shape index (κ2) is 6.16. The Hall–Kier alpha value is -2.04. The lowest BCUT2D eigenvalue weighted by molar-refractivity contribution is -0.142. The molecular weight excluding hydrogens is 268 g/mol. The summed E-state index contributed by atoms with van der Waals surface area (Å²) in [5, 5.41) is 8.92. The molecule has 0 aromatic heterocycles. The summed E-state index contributed by atoms with van der Waals surface area (Å²) in [7, 11) is 3.96. The number of nitrogens with zero attached hydrogens (tertiary/aromatic N) is 2. The van der Waals surface area contributed by atoms with Crippen molar-refractivity contribution in [3.63, 3.8) is 0 Å². The van der Waals surface area contributed by atoms with Crippen LogP contribution in [-0.4, -0.2) is 42.5 Å². The van der Waals surface area contributed by atoms with Gasteiger partial charge >= 0.3 is 5.97 Å². The predicted molar refractivity (Wildman–Crippen MR) is 81.1 cm³/mol. The molecule has 1 saturated carbocycles. The number of carboxylic acid groups (broad SMARTS) is 1. The van der Waals surface area contributed by atoms with Gasteiger partial charge in [0, 0.05) is 32.9 Å². The van der Waals surface area contributed by atoms with Crippen LogP contribution in [0.2, 0.25) is 0 Å². The summed E-state index contributed by atoms with van der Waals surface area (Å²) in [4.78, 5) is 26.9. The van der Waals surface area contributed by atoms with E-state index in [-0.39, 0.29) is 11.8 Å². The zero-order chi connectivity index (χ0) is 15.6. The second-order valence-electron chi connectivity index (χ2n) is 5.70. The minimum atomic E-state index is -0.861. The van der Waals surface area contributed by atoms with Crippen molar-refractivity contribution < 1.29 is 14.7 Å². The van der Waals surface area contributed by atoms with E-state index in [2.05, 4.69) is 0 Å². The number of carbonyl (C=O) groups is 2. The highest BCUT2D eigenvalue weighted by atomic mass is 16.4. The maximum absolute atomic E-state index is 12.3. The zero-order valence-corrected chi connectivity index (χ0v) is 12.7. The molecule has 1 aliphatic carbocycles. The summed E-state index contributed by atoms with van der Waals surface area (Å²) < 4.78 is 0. The first-order chi connectivity index (χ1) is 9.93. The van der Waals surface area contributed by atoms with Crippen LogP contribution in [0, 0.1) is 11.8 Å². The highest BCUT2D eigenvalue weighted by Gasteiger charge is 2.49. The largest absolute Gasteiger partial charge is 0.481 e. The molecule has 1 aromatic rings. The first-order valence-electron chi connectivity index (χ1n) is 7.22. The Bertz CT molecular complexity index is 525. The number of carboxylic acids is 1. The highest BCUT2D eigenvalue weighted by molar-refractivity contribution is 5.89. The van der Waals surface area contributed by atoms with Gasteiger partial charge in [0.15, 0.2) is 0 Å². The van der Waals surface area contributed by atoms with Gasteiger partial charge in [0.2, 0.25) is 5.91 Å². The van der Waals surface area contributed by atoms with Crippen molar-refractivity contribution in [3.05, 3.63) is 29.8 Å². The van der Waals surface area contributed by atoms with Gasteiger partial charge in [-0.1, -0.05) is 12.1 Å². The van der Waals surface area contributed by atoms with E-state index in [0.717, 1.165) is 11.3 Å². The summed E-state index contributed by atoms with van der Waals surface area (Å²) in [5.74, 6) is -1.72. The maximum atomic E-state index is 12.3. The van der Waals surface area contributed by atoms with Gasteiger partial charge in [0.25, 0.3) is 0 Å². The summed E-state index contributed by atoms with van der Waals surface area (Å²) in [6.07, 6.45) is 0.476. The molecule has 2 unspecified atom stereocenters. The molecule has 1 aromatic carbocycles. The molecule has 1 amide bonds. The van der Waals surface area contributed by atoms with E-state index >= 15 is 0 Å². The van der Waals surface area contributed by atoms with Gasteiger partial charge in [-0.3, -0.25) is 9.59 Å². The average Bonchev–Trinajstić information content (AvgIpc) is 3.25. The molecule has 0 heterocycles. The van der Waals surface area contributed by atoms with Gasteiger partial charge in [-0.2, -0.15) is 0 Å². The Balaban J connectivity index is 1.99. The number of hydrogen-bond donors (Lipinski definition) is 1. The smallest absolute Gasteiger partial charge is 0.307 e. The molecule has 1 fully saturated rings. The molecule has 0 radical (unpaired) electrons. The van der Waals surface area contributed by atoms with E-state index in [9.17, 15) is 9.59 Å². The Morgan fingerprint density at radius 3 is 2.24 bits per heavy atom. The molecule has 1 aliphatic rings. The van der Waals surface area contributed by atoms with Gasteiger partial charge in [-0.15, -0.1) is 0 Å². The number of carbonyl (C=O) groups excluding carboxylic acids is 1. The number of hydrogen-bond acceptors (Lipinski definition) is 3. The fourth-order valence-corrected chi connectivity index (χ4v) is 2.44. The molecule has 0 spiro atoms. The number of anilines is 1. The minimum Gasteiger partial charge on any atom is -0.481 e. The van der Waals surface area contributed by atoms with E-state index in [1.165, 1.54) is 0 Å². The molecule has 114 valence electrons. The Kier molecular flexibility index (Phi) is 4.50. The third-order valence-electron chi connectivity index (χ3n) is 3.94. The van der Waals surface area contributed by atoms with Crippen molar-refractivity contribution in [2.75, 3.05) is 25.5 Å². The van der Waals surface area contributed by atoms with Gasteiger partial charge in [-0.05, 0) is 31.0 Å². The van der Waals surface area contributed by atoms with Crippen molar-refractivity contribution in [1.82, 2.24) is 4.90 Å². The van der Waals surface area contributed by atoms with Gasteiger partial charge in [0.1, 0.15) is 0 Å². The maximum Gasteiger partial charge on any atom is 0.307 e. The topological polar surface area (TPSA) is 60.9 Å². The number of benzene rings is 1. The van der Waals surface area contributed by atoms with Crippen molar-refractivity contribution in [2.24, 2.45) is 11.8 Å². The van der Waals surface area contributed by atoms with E-state index < -0.39 is 11.9 Å². The molecule has 5 heteroatoms. The Labute approximate surface area is 125 Å². The summed E-state index contributed by atoms with van der Waals surface area (Å²) in [6, 6.07) is 8.05. The molecule has 0 bridgehead atoms. The van der Waals surface area contributed by atoms with Crippen LogP contribution in [-0.2, 0) is 16.1 Å².